The maximum absolute atomic E-state index is 11.2. The second-order valence-corrected chi connectivity index (χ2v) is 4.11. The minimum absolute atomic E-state index is 0.195. The van der Waals surface area contributed by atoms with Crippen molar-refractivity contribution in [3.63, 3.8) is 0 Å². The van der Waals surface area contributed by atoms with E-state index in [0.29, 0.717) is 22.7 Å². The molecule has 2 aromatic carbocycles. The first-order chi connectivity index (χ1) is 9.61. The fraction of sp³-hybridized carbons (Fsp3) is 0.0667. The zero-order chi connectivity index (χ0) is 14.5. The standard InChI is InChI=1S/C15H13N3O2/c1-10(19)18-12-6-2-3-7-13(12)20-14-8-4-5-11(9-16)15(14)17/h2-8H,17H2,1H3,(H,18,19). The second kappa shape index (κ2) is 5.76. The highest BCUT2D eigenvalue weighted by molar-refractivity contribution is 5.90. The summed E-state index contributed by atoms with van der Waals surface area (Å²) in [6.07, 6.45) is 0. The van der Waals surface area contributed by atoms with Crippen LogP contribution in [0.5, 0.6) is 11.5 Å². The minimum Gasteiger partial charge on any atom is -0.453 e. The van der Waals surface area contributed by atoms with Gasteiger partial charge in [0.25, 0.3) is 0 Å². The van der Waals surface area contributed by atoms with Gasteiger partial charge in [0, 0.05) is 6.92 Å². The molecular weight excluding hydrogens is 254 g/mol. The van der Waals surface area contributed by atoms with Crippen LogP contribution < -0.4 is 15.8 Å². The molecule has 0 atom stereocenters. The molecule has 1 amide bonds. The Kier molecular flexibility index (Phi) is 3.87. The summed E-state index contributed by atoms with van der Waals surface area (Å²) in [6, 6.07) is 14.0. The molecule has 100 valence electrons. The number of nitriles is 1. The first kappa shape index (κ1) is 13.4. The number of nitrogens with one attached hydrogen (secondary N) is 1. The zero-order valence-electron chi connectivity index (χ0n) is 10.9. The highest BCUT2D eigenvalue weighted by atomic mass is 16.5. The molecule has 2 aromatic rings. The van der Waals surface area contributed by atoms with E-state index in [1.54, 1.807) is 42.5 Å². The lowest BCUT2D eigenvalue weighted by molar-refractivity contribution is -0.114. The highest BCUT2D eigenvalue weighted by Gasteiger charge is 2.10. The molecule has 2 rings (SSSR count). The molecule has 0 aliphatic carbocycles. The van der Waals surface area contributed by atoms with E-state index in [2.05, 4.69) is 5.32 Å². The Bertz CT molecular complexity index is 690. The van der Waals surface area contributed by atoms with Crippen molar-refractivity contribution in [1.29, 1.82) is 5.26 Å². The van der Waals surface area contributed by atoms with Gasteiger partial charge in [-0.05, 0) is 24.3 Å². The van der Waals surface area contributed by atoms with Crippen molar-refractivity contribution in [2.24, 2.45) is 0 Å². The van der Waals surface area contributed by atoms with Crippen LogP contribution in [-0.2, 0) is 4.79 Å². The van der Waals surface area contributed by atoms with Crippen molar-refractivity contribution in [1.82, 2.24) is 0 Å². The summed E-state index contributed by atoms with van der Waals surface area (Å²) < 4.78 is 5.69. The second-order valence-electron chi connectivity index (χ2n) is 4.11. The first-order valence-electron chi connectivity index (χ1n) is 5.95. The lowest BCUT2D eigenvalue weighted by Crippen LogP contribution is -2.07. The Morgan fingerprint density at radius 2 is 1.90 bits per heavy atom. The molecule has 0 radical (unpaired) electrons. The van der Waals surface area contributed by atoms with Gasteiger partial charge in [0.15, 0.2) is 11.5 Å². The minimum atomic E-state index is -0.195. The van der Waals surface area contributed by atoms with Crippen molar-refractivity contribution in [3.05, 3.63) is 48.0 Å². The molecule has 0 saturated carbocycles. The largest absolute Gasteiger partial charge is 0.453 e. The van der Waals surface area contributed by atoms with Crippen LogP contribution in [0, 0.1) is 11.3 Å². The number of amides is 1. The normalized spacial score (nSPS) is 9.60. The van der Waals surface area contributed by atoms with Crippen LogP contribution >= 0.6 is 0 Å². The van der Waals surface area contributed by atoms with Gasteiger partial charge in [-0.1, -0.05) is 18.2 Å². The summed E-state index contributed by atoms with van der Waals surface area (Å²) >= 11 is 0. The summed E-state index contributed by atoms with van der Waals surface area (Å²) in [5.74, 6) is 0.645. The average Bonchev–Trinajstić information content (AvgIpc) is 2.42. The Balaban J connectivity index is 2.36. The van der Waals surface area contributed by atoms with Crippen LogP contribution in [0.1, 0.15) is 12.5 Å². The molecule has 0 unspecified atom stereocenters. The summed E-state index contributed by atoms with van der Waals surface area (Å²) in [4.78, 5) is 11.2. The zero-order valence-corrected chi connectivity index (χ0v) is 10.9. The number of benzene rings is 2. The van der Waals surface area contributed by atoms with Gasteiger partial charge in [-0.2, -0.15) is 5.26 Å². The van der Waals surface area contributed by atoms with E-state index in [-0.39, 0.29) is 11.6 Å². The molecule has 0 spiro atoms. The van der Waals surface area contributed by atoms with Gasteiger partial charge < -0.3 is 15.8 Å². The summed E-state index contributed by atoms with van der Waals surface area (Å²) in [5.41, 5.74) is 7.02. The number of anilines is 2. The molecule has 0 aromatic heterocycles. The van der Waals surface area contributed by atoms with Gasteiger partial charge in [0.05, 0.1) is 16.9 Å². The summed E-state index contributed by atoms with van der Waals surface area (Å²) in [7, 11) is 0. The summed E-state index contributed by atoms with van der Waals surface area (Å²) in [5, 5.41) is 11.6. The number of ether oxygens (including phenoxy) is 1. The monoisotopic (exact) mass is 267 g/mol. The number of rotatable bonds is 3. The molecule has 5 heteroatoms. The molecule has 0 aliphatic rings. The van der Waals surface area contributed by atoms with E-state index in [1.165, 1.54) is 6.92 Å². The van der Waals surface area contributed by atoms with Crippen molar-refractivity contribution < 1.29 is 9.53 Å². The van der Waals surface area contributed by atoms with Crippen molar-refractivity contribution in [3.8, 4) is 17.6 Å². The Labute approximate surface area is 116 Å². The van der Waals surface area contributed by atoms with Gasteiger partial charge in [-0.15, -0.1) is 0 Å². The van der Waals surface area contributed by atoms with Crippen LogP contribution in [0.25, 0.3) is 0 Å². The van der Waals surface area contributed by atoms with E-state index in [1.807, 2.05) is 6.07 Å². The van der Waals surface area contributed by atoms with E-state index < -0.39 is 0 Å². The van der Waals surface area contributed by atoms with E-state index in [9.17, 15) is 4.79 Å². The summed E-state index contributed by atoms with van der Waals surface area (Å²) in [6.45, 7) is 1.42. The topological polar surface area (TPSA) is 88.1 Å². The molecule has 0 saturated heterocycles. The molecule has 5 nitrogen and oxygen atoms in total. The predicted octanol–water partition coefficient (Wildman–Crippen LogP) is 2.89. The Morgan fingerprint density at radius 1 is 1.20 bits per heavy atom. The van der Waals surface area contributed by atoms with E-state index >= 15 is 0 Å². The molecule has 0 heterocycles. The number of carbonyl (C=O) groups is 1. The number of nitrogen functional groups attached to an aromatic ring is 1. The molecule has 0 bridgehead atoms. The molecular formula is C15H13N3O2. The SMILES string of the molecule is CC(=O)Nc1ccccc1Oc1cccc(C#N)c1N. The lowest BCUT2D eigenvalue weighted by atomic mass is 10.2. The van der Waals surface area contributed by atoms with Gasteiger partial charge >= 0.3 is 0 Å². The third kappa shape index (κ3) is 2.87. The number of nitrogens with two attached hydrogens (primary N) is 1. The molecule has 0 fully saturated rings. The number of para-hydroxylation sites is 3. The van der Waals surface area contributed by atoms with E-state index in [4.69, 9.17) is 15.7 Å². The van der Waals surface area contributed by atoms with Gasteiger partial charge in [0.1, 0.15) is 6.07 Å². The molecule has 3 N–H and O–H groups in total. The van der Waals surface area contributed by atoms with Gasteiger partial charge in [0.2, 0.25) is 5.91 Å². The van der Waals surface area contributed by atoms with Gasteiger partial charge in [-0.3, -0.25) is 4.79 Å². The smallest absolute Gasteiger partial charge is 0.221 e. The number of hydrogen-bond acceptors (Lipinski definition) is 4. The highest BCUT2D eigenvalue weighted by Crippen LogP contribution is 2.33. The Morgan fingerprint density at radius 3 is 2.60 bits per heavy atom. The van der Waals surface area contributed by atoms with Crippen LogP contribution in [0.3, 0.4) is 0 Å². The van der Waals surface area contributed by atoms with Crippen molar-refractivity contribution >= 4 is 17.3 Å². The quantitative estimate of drug-likeness (QED) is 0.837. The van der Waals surface area contributed by atoms with Crippen molar-refractivity contribution in [2.45, 2.75) is 6.92 Å². The lowest BCUT2D eigenvalue weighted by Gasteiger charge is -2.13. The number of carbonyl (C=O) groups excluding carboxylic acids is 1. The number of nitrogens with zero attached hydrogens (tertiary/aromatic N) is 1. The molecule has 0 aliphatic heterocycles. The maximum Gasteiger partial charge on any atom is 0.221 e. The Hall–Kier alpha value is -3.00. The van der Waals surface area contributed by atoms with Crippen LogP contribution in [0.4, 0.5) is 11.4 Å². The molecule has 20 heavy (non-hydrogen) atoms. The first-order valence-corrected chi connectivity index (χ1v) is 5.95. The van der Waals surface area contributed by atoms with Crippen LogP contribution in [0.2, 0.25) is 0 Å². The third-order valence-electron chi connectivity index (χ3n) is 2.60. The van der Waals surface area contributed by atoms with Crippen LogP contribution in [-0.4, -0.2) is 5.91 Å². The predicted molar refractivity (Wildman–Crippen MR) is 76.4 cm³/mol. The maximum atomic E-state index is 11.2. The third-order valence-corrected chi connectivity index (χ3v) is 2.60. The average molecular weight is 267 g/mol. The van der Waals surface area contributed by atoms with E-state index in [0.717, 1.165) is 0 Å². The fourth-order valence-corrected chi connectivity index (χ4v) is 1.70. The van der Waals surface area contributed by atoms with Gasteiger partial charge in [-0.25, -0.2) is 0 Å². The van der Waals surface area contributed by atoms with Crippen molar-refractivity contribution in [2.75, 3.05) is 11.1 Å². The number of hydrogen-bond donors (Lipinski definition) is 2. The fourth-order valence-electron chi connectivity index (χ4n) is 1.70. The van der Waals surface area contributed by atoms with Crippen LogP contribution in [0.15, 0.2) is 42.5 Å².